The van der Waals surface area contributed by atoms with Crippen molar-refractivity contribution in [3.8, 4) is 0 Å². The second-order valence-corrected chi connectivity index (χ2v) is 4.47. The van der Waals surface area contributed by atoms with E-state index in [1.54, 1.807) is 5.57 Å². The van der Waals surface area contributed by atoms with Gasteiger partial charge in [-0.15, -0.1) is 13.2 Å². The van der Waals surface area contributed by atoms with Crippen LogP contribution in [0.5, 0.6) is 0 Å². The van der Waals surface area contributed by atoms with Crippen LogP contribution in [0.25, 0.3) is 0 Å². The monoisotopic (exact) mass is 216 g/mol. The van der Waals surface area contributed by atoms with Crippen molar-refractivity contribution in [3.05, 3.63) is 48.6 Å². The van der Waals surface area contributed by atoms with E-state index in [1.807, 2.05) is 12.2 Å². The fourth-order valence-electron chi connectivity index (χ4n) is 2.38. The Morgan fingerprint density at radius 3 is 2.81 bits per heavy atom. The van der Waals surface area contributed by atoms with E-state index in [1.165, 1.54) is 24.8 Å². The van der Waals surface area contributed by atoms with Crippen molar-refractivity contribution in [3.63, 3.8) is 0 Å². The number of allylic oxidation sites excluding steroid dienone is 6. The van der Waals surface area contributed by atoms with Crippen LogP contribution >= 0.6 is 0 Å². The summed E-state index contributed by atoms with van der Waals surface area (Å²) in [5.74, 6) is 0.690. The van der Waals surface area contributed by atoms with Gasteiger partial charge in [0.05, 0.1) is 0 Å². The van der Waals surface area contributed by atoms with Gasteiger partial charge >= 0.3 is 0 Å². The second-order valence-electron chi connectivity index (χ2n) is 4.47. The van der Waals surface area contributed by atoms with Gasteiger partial charge in [-0.05, 0) is 44.4 Å². The molecule has 0 unspecified atom stereocenters. The van der Waals surface area contributed by atoms with Crippen molar-refractivity contribution >= 4 is 0 Å². The van der Waals surface area contributed by atoms with E-state index in [4.69, 9.17) is 0 Å². The van der Waals surface area contributed by atoms with Crippen molar-refractivity contribution in [2.45, 2.75) is 45.4 Å². The molecule has 1 aliphatic carbocycles. The Morgan fingerprint density at radius 2 is 2.19 bits per heavy atom. The standard InChI is InChI=1S/C16H24/c1-4-7-10-15-11-8-12-16(15)13-14(6-3)9-5-2/h4-5,10,13,16H,1-2,6-9,11-12H2,3H3/b14-13+,15-10+/t16-/m0/s1. The molecule has 1 rings (SSSR count). The third kappa shape index (κ3) is 3.84. The van der Waals surface area contributed by atoms with Gasteiger partial charge in [-0.25, -0.2) is 0 Å². The summed E-state index contributed by atoms with van der Waals surface area (Å²) in [5.41, 5.74) is 3.15. The molecule has 0 heterocycles. The fourth-order valence-corrected chi connectivity index (χ4v) is 2.38. The van der Waals surface area contributed by atoms with E-state index < -0.39 is 0 Å². The molecule has 0 aromatic rings. The summed E-state index contributed by atoms with van der Waals surface area (Å²) in [6.07, 6.45) is 16.0. The number of hydrogen-bond acceptors (Lipinski definition) is 0. The summed E-state index contributed by atoms with van der Waals surface area (Å²) in [6.45, 7) is 9.84. The van der Waals surface area contributed by atoms with Crippen molar-refractivity contribution in [2.75, 3.05) is 0 Å². The summed E-state index contributed by atoms with van der Waals surface area (Å²) < 4.78 is 0. The molecule has 1 fully saturated rings. The number of hydrogen-bond donors (Lipinski definition) is 0. The molecule has 1 aliphatic rings. The molecule has 88 valence electrons. The molecule has 1 atom stereocenters. The van der Waals surface area contributed by atoms with Gasteiger partial charge in [-0.1, -0.05) is 42.4 Å². The summed E-state index contributed by atoms with van der Waals surface area (Å²) in [7, 11) is 0. The van der Waals surface area contributed by atoms with E-state index in [9.17, 15) is 0 Å². The highest BCUT2D eigenvalue weighted by Crippen LogP contribution is 2.33. The first-order chi connectivity index (χ1) is 7.81. The van der Waals surface area contributed by atoms with Crippen LogP contribution in [0.3, 0.4) is 0 Å². The van der Waals surface area contributed by atoms with E-state index in [0.29, 0.717) is 5.92 Å². The molecule has 0 radical (unpaired) electrons. The highest BCUT2D eigenvalue weighted by atomic mass is 14.2. The van der Waals surface area contributed by atoms with Crippen LogP contribution in [0.4, 0.5) is 0 Å². The predicted molar refractivity (Wildman–Crippen MR) is 73.4 cm³/mol. The molecule has 1 saturated carbocycles. The maximum atomic E-state index is 3.82. The molecule has 0 saturated heterocycles. The first-order valence-electron chi connectivity index (χ1n) is 6.42. The quantitative estimate of drug-likeness (QED) is 0.535. The van der Waals surface area contributed by atoms with E-state index >= 15 is 0 Å². The summed E-state index contributed by atoms with van der Waals surface area (Å²) in [4.78, 5) is 0. The Labute approximate surface area is 100 Å². The minimum atomic E-state index is 0.690. The van der Waals surface area contributed by atoms with Crippen molar-refractivity contribution in [1.82, 2.24) is 0 Å². The topological polar surface area (TPSA) is 0 Å². The lowest BCUT2D eigenvalue weighted by Crippen LogP contribution is -1.94. The van der Waals surface area contributed by atoms with E-state index in [2.05, 4.69) is 32.2 Å². The zero-order valence-electron chi connectivity index (χ0n) is 10.5. The Balaban J connectivity index is 2.70. The van der Waals surface area contributed by atoms with Gasteiger partial charge in [-0.2, -0.15) is 0 Å². The summed E-state index contributed by atoms with van der Waals surface area (Å²) in [5, 5.41) is 0. The van der Waals surface area contributed by atoms with Crippen molar-refractivity contribution in [1.29, 1.82) is 0 Å². The Kier molecular flexibility index (Phi) is 5.92. The van der Waals surface area contributed by atoms with Crippen LogP contribution in [0.1, 0.15) is 45.4 Å². The largest absolute Gasteiger partial charge is 0.103 e. The van der Waals surface area contributed by atoms with Gasteiger partial charge in [0, 0.05) is 0 Å². The summed E-state index contributed by atoms with van der Waals surface area (Å²) in [6, 6.07) is 0. The predicted octanol–water partition coefficient (Wildman–Crippen LogP) is 5.20. The molecular formula is C16H24. The SMILES string of the molecule is C=CC/C=C1\CCC[C@H]1/C=C(\CC)CC=C. The van der Waals surface area contributed by atoms with Gasteiger partial charge in [0.2, 0.25) is 0 Å². The second kappa shape index (κ2) is 7.27. The average Bonchev–Trinajstić information content (AvgIpc) is 2.73. The van der Waals surface area contributed by atoms with Crippen LogP contribution in [-0.2, 0) is 0 Å². The Bertz CT molecular complexity index is 291. The lowest BCUT2D eigenvalue weighted by molar-refractivity contribution is 0.750. The smallest absolute Gasteiger partial charge is 0.00203 e. The summed E-state index contributed by atoms with van der Waals surface area (Å²) >= 11 is 0. The van der Waals surface area contributed by atoms with E-state index in [-0.39, 0.29) is 0 Å². The van der Waals surface area contributed by atoms with Crippen LogP contribution in [0.2, 0.25) is 0 Å². The van der Waals surface area contributed by atoms with Gasteiger partial charge in [0.1, 0.15) is 0 Å². The van der Waals surface area contributed by atoms with Gasteiger partial charge < -0.3 is 0 Å². The zero-order chi connectivity index (χ0) is 11.8. The lowest BCUT2D eigenvalue weighted by atomic mass is 9.96. The highest BCUT2D eigenvalue weighted by molar-refractivity contribution is 5.22. The fraction of sp³-hybridized carbons (Fsp3) is 0.500. The van der Waals surface area contributed by atoms with Crippen molar-refractivity contribution in [2.24, 2.45) is 5.92 Å². The molecule has 0 aliphatic heterocycles. The zero-order valence-corrected chi connectivity index (χ0v) is 10.5. The molecule has 0 aromatic heterocycles. The molecule has 0 N–H and O–H groups in total. The molecule has 0 heteroatoms. The Morgan fingerprint density at radius 1 is 1.38 bits per heavy atom. The number of rotatable bonds is 6. The third-order valence-electron chi connectivity index (χ3n) is 3.30. The third-order valence-corrected chi connectivity index (χ3v) is 3.30. The van der Waals surface area contributed by atoms with Crippen LogP contribution in [0, 0.1) is 5.92 Å². The minimum absolute atomic E-state index is 0.690. The maximum Gasteiger partial charge on any atom is -0.00203 e. The van der Waals surface area contributed by atoms with Crippen molar-refractivity contribution < 1.29 is 0 Å². The molecule has 0 amide bonds. The molecule has 0 aromatic carbocycles. The lowest BCUT2D eigenvalue weighted by Gasteiger charge is -2.10. The molecule has 0 bridgehead atoms. The van der Waals surface area contributed by atoms with E-state index in [0.717, 1.165) is 19.3 Å². The average molecular weight is 216 g/mol. The molecule has 0 spiro atoms. The maximum absolute atomic E-state index is 3.82. The molecular weight excluding hydrogens is 192 g/mol. The Hall–Kier alpha value is -1.04. The minimum Gasteiger partial charge on any atom is -0.103 e. The first-order valence-corrected chi connectivity index (χ1v) is 6.42. The first kappa shape index (κ1) is 13.0. The van der Waals surface area contributed by atoms with Crippen LogP contribution in [-0.4, -0.2) is 0 Å². The van der Waals surface area contributed by atoms with Gasteiger partial charge in [0.15, 0.2) is 0 Å². The molecule has 0 nitrogen and oxygen atoms in total. The normalized spacial score (nSPS) is 23.7. The highest BCUT2D eigenvalue weighted by Gasteiger charge is 2.18. The molecule has 16 heavy (non-hydrogen) atoms. The van der Waals surface area contributed by atoms with Gasteiger partial charge in [0.25, 0.3) is 0 Å². The van der Waals surface area contributed by atoms with Gasteiger partial charge in [-0.3, -0.25) is 0 Å². The van der Waals surface area contributed by atoms with Crippen LogP contribution < -0.4 is 0 Å². The van der Waals surface area contributed by atoms with Crippen LogP contribution in [0.15, 0.2) is 48.6 Å².